The number of aliphatic hydroxyl groups excluding tert-OH is 1. The fourth-order valence-corrected chi connectivity index (χ4v) is 6.26. The minimum atomic E-state index is -4.74. The molecule has 0 aliphatic heterocycles. The van der Waals surface area contributed by atoms with Crippen LogP contribution in [-0.4, -0.2) is 71.6 Å². The number of carboxylic acid groups (broad SMARTS) is 1. The molecule has 0 aliphatic rings. The van der Waals surface area contributed by atoms with Gasteiger partial charge in [0, 0.05) is 19.4 Å². The van der Waals surface area contributed by atoms with E-state index in [9.17, 15) is 23.8 Å². The third-order valence-corrected chi connectivity index (χ3v) is 9.93. The molecule has 338 valence electrons. The van der Waals surface area contributed by atoms with Gasteiger partial charge in [0.05, 0.1) is 13.2 Å². The molecule has 12 nitrogen and oxygen atoms in total. The van der Waals surface area contributed by atoms with Crippen LogP contribution in [0.5, 0.6) is 0 Å². The van der Waals surface area contributed by atoms with E-state index in [1.807, 2.05) is 12.2 Å². The zero-order chi connectivity index (χ0) is 43.5. The molecule has 13 heteroatoms. The normalized spacial score (nSPS) is 14.4. The van der Waals surface area contributed by atoms with Crippen LogP contribution >= 0.6 is 7.82 Å². The lowest BCUT2D eigenvalue weighted by Gasteiger charge is -2.20. The topological polar surface area (TPSA) is 192 Å². The molecule has 0 aliphatic carbocycles. The van der Waals surface area contributed by atoms with Crippen LogP contribution in [0.1, 0.15) is 161 Å². The summed E-state index contributed by atoms with van der Waals surface area (Å²) in [5.74, 6) is -2.49. The Bertz CT molecular complexity index is 1280. The molecule has 59 heavy (non-hydrogen) atoms. The molecule has 0 fully saturated rings. The van der Waals surface area contributed by atoms with E-state index in [4.69, 9.17) is 29.9 Å². The molecule has 3 atom stereocenters. The number of phosphoric acid groups is 1. The Labute approximate surface area is 355 Å². The number of ether oxygens (including phenoxy) is 2. The molecule has 1 unspecified atom stereocenters. The van der Waals surface area contributed by atoms with Gasteiger partial charge in [-0.25, -0.2) is 4.57 Å². The van der Waals surface area contributed by atoms with Gasteiger partial charge in [-0.2, -0.15) is 0 Å². The molecule has 0 bridgehead atoms. The minimum Gasteiger partial charge on any atom is -0.480 e. The summed E-state index contributed by atoms with van der Waals surface area (Å²) < 4.78 is 32.6. The lowest BCUT2D eigenvalue weighted by atomic mass is 10.1. The van der Waals surface area contributed by atoms with Gasteiger partial charge in [0.15, 0.2) is 6.10 Å². The van der Waals surface area contributed by atoms with Gasteiger partial charge in [-0.1, -0.05) is 131 Å². The van der Waals surface area contributed by atoms with E-state index < -0.39 is 51.1 Å². The third-order valence-electron chi connectivity index (χ3n) is 8.98. The van der Waals surface area contributed by atoms with Gasteiger partial charge in [0.1, 0.15) is 12.6 Å². The van der Waals surface area contributed by atoms with Gasteiger partial charge in [-0.3, -0.25) is 23.4 Å². The van der Waals surface area contributed by atoms with Crippen molar-refractivity contribution in [2.45, 2.75) is 173 Å². The quantitative estimate of drug-likeness (QED) is 0.0197. The molecule has 5 N–H and O–H groups in total. The van der Waals surface area contributed by atoms with Crippen molar-refractivity contribution in [1.82, 2.24) is 0 Å². The average molecular weight is 852 g/mol. The van der Waals surface area contributed by atoms with Crippen LogP contribution in [0.4, 0.5) is 0 Å². The summed E-state index contributed by atoms with van der Waals surface area (Å²) in [7, 11) is -4.74. The number of carbonyl (C=O) groups is 3. The monoisotopic (exact) mass is 852 g/mol. The van der Waals surface area contributed by atoms with E-state index in [0.717, 1.165) is 89.9 Å². The Hall–Kier alpha value is -3.12. The van der Waals surface area contributed by atoms with E-state index in [1.165, 1.54) is 32.1 Å². The van der Waals surface area contributed by atoms with Crippen molar-refractivity contribution in [1.29, 1.82) is 0 Å². The highest BCUT2D eigenvalue weighted by molar-refractivity contribution is 7.47. The standard InChI is InChI=1S/C46H78NO11P/c1-2-3-4-5-6-7-8-9-10-12-16-19-22-25-28-31-34-37-45(50)58-42(40-56-59(53,54)57-41-43(47)46(51)52)39-55-44(49)36-33-30-27-24-21-18-15-13-11-14-17-20-23-26-29-32-35-38-48/h6-7,9-11,14-15,18,20,23-24,27,42-43,48H,2-5,8,12-13,16-17,19,21-22,25-26,28-41,47H2,1H3,(H,51,52)(H,53,54)/b7-6-,10-9-,14-11-,18-15-,23-20-,27-24-/t42-,43+/m1/s1. The molecule has 0 radical (unpaired) electrons. The fourth-order valence-electron chi connectivity index (χ4n) is 5.48. The van der Waals surface area contributed by atoms with E-state index in [0.29, 0.717) is 19.3 Å². The highest BCUT2D eigenvalue weighted by atomic mass is 31.2. The van der Waals surface area contributed by atoms with Gasteiger partial charge in [-0.15, -0.1) is 0 Å². The maximum Gasteiger partial charge on any atom is 0.472 e. The van der Waals surface area contributed by atoms with E-state index in [-0.39, 0.29) is 26.1 Å². The smallest absolute Gasteiger partial charge is 0.472 e. The van der Waals surface area contributed by atoms with Gasteiger partial charge in [0.25, 0.3) is 0 Å². The second kappa shape index (κ2) is 41.6. The highest BCUT2D eigenvalue weighted by Crippen LogP contribution is 2.43. The predicted molar refractivity (Wildman–Crippen MR) is 237 cm³/mol. The molecule has 0 aromatic rings. The van der Waals surface area contributed by atoms with Crippen LogP contribution < -0.4 is 5.73 Å². The molecule has 0 spiro atoms. The van der Waals surface area contributed by atoms with Crippen LogP contribution in [0, 0.1) is 0 Å². The van der Waals surface area contributed by atoms with E-state index in [2.05, 4.69) is 72.2 Å². The Morgan fingerprint density at radius 2 is 0.983 bits per heavy atom. The van der Waals surface area contributed by atoms with Crippen LogP contribution in [0.25, 0.3) is 0 Å². The second-order valence-electron chi connectivity index (χ2n) is 14.5. The number of hydrogen-bond donors (Lipinski definition) is 4. The average Bonchev–Trinajstić information content (AvgIpc) is 3.21. The molecule has 0 saturated carbocycles. The summed E-state index contributed by atoms with van der Waals surface area (Å²) in [4.78, 5) is 46.0. The first kappa shape index (κ1) is 55.9. The Morgan fingerprint density at radius 3 is 1.49 bits per heavy atom. The molecular weight excluding hydrogens is 773 g/mol. The van der Waals surface area contributed by atoms with Crippen molar-refractivity contribution in [3.63, 3.8) is 0 Å². The maximum absolute atomic E-state index is 12.6. The molecule has 0 heterocycles. The van der Waals surface area contributed by atoms with Crippen molar-refractivity contribution in [3.8, 4) is 0 Å². The summed E-state index contributed by atoms with van der Waals surface area (Å²) in [5.41, 5.74) is 5.33. The molecule has 0 amide bonds. The molecule has 0 rings (SSSR count). The Kier molecular flexibility index (Phi) is 39.4. The molecule has 0 saturated heterocycles. The number of unbranched alkanes of at least 4 members (excludes halogenated alkanes) is 14. The van der Waals surface area contributed by atoms with Crippen LogP contribution in [0.15, 0.2) is 72.9 Å². The largest absolute Gasteiger partial charge is 0.480 e. The minimum absolute atomic E-state index is 0.131. The van der Waals surface area contributed by atoms with Crippen molar-refractivity contribution in [2.24, 2.45) is 5.73 Å². The van der Waals surface area contributed by atoms with Crippen molar-refractivity contribution in [3.05, 3.63) is 72.9 Å². The van der Waals surface area contributed by atoms with Crippen LogP contribution in [-0.2, 0) is 37.5 Å². The predicted octanol–water partition coefficient (Wildman–Crippen LogP) is 10.7. The summed E-state index contributed by atoms with van der Waals surface area (Å²) in [5, 5.41) is 17.7. The van der Waals surface area contributed by atoms with Crippen LogP contribution in [0.3, 0.4) is 0 Å². The number of hydrogen-bond acceptors (Lipinski definition) is 10. The lowest BCUT2D eigenvalue weighted by molar-refractivity contribution is -0.161. The van der Waals surface area contributed by atoms with Gasteiger partial charge in [-0.05, 0) is 89.9 Å². The summed E-state index contributed by atoms with van der Waals surface area (Å²) >= 11 is 0. The number of allylic oxidation sites excluding steroid dienone is 12. The first-order valence-corrected chi connectivity index (χ1v) is 23.6. The van der Waals surface area contributed by atoms with E-state index >= 15 is 0 Å². The molecule has 0 aromatic heterocycles. The number of carbonyl (C=O) groups excluding carboxylic acids is 2. The van der Waals surface area contributed by atoms with Crippen LogP contribution in [0.2, 0.25) is 0 Å². The summed E-state index contributed by atoms with van der Waals surface area (Å²) in [6, 6.07) is -1.54. The summed E-state index contributed by atoms with van der Waals surface area (Å²) in [6.45, 7) is 0.709. The van der Waals surface area contributed by atoms with Crippen molar-refractivity contribution >= 4 is 25.7 Å². The number of aliphatic hydroxyl groups is 1. The Morgan fingerprint density at radius 1 is 0.559 bits per heavy atom. The summed E-state index contributed by atoms with van der Waals surface area (Å²) in [6.07, 6.45) is 46.9. The van der Waals surface area contributed by atoms with E-state index in [1.54, 1.807) is 0 Å². The highest BCUT2D eigenvalue weighted by Gasteiger charge is 2.28. The maximum atomic E-state index is 12.6. The number of nitrogens with two attached hydrogens (primary N) is 1. The van der Waals surface area contributed by atoms with Crippen molar-refractivity contribution < 1.29 is 52.6 Å². The number of esters is 2. The number of carboxylic acids is 1. The van der Waals surface area contributed by atoms with Gasteiger partial charge in [0.2, 0.25) is 0 Å². The lowest BCUT2D eigenvalue weighted by Crippen LogP contribution is -2.34. The van der Waals surface area contributed by atoms with Crippen molar-refractivity contribution in [2.75, 3.05) is 26.4 Å². The molecular formula is C46H78NO11P. The second-order valence-corrected chi connectivity index (χ2v) is 16.0. The first-order chi connectivity index (χ1) is 28.6. The first-order valence-electron chi connectivity index (χ1n) is 22.1. The van der Waals surface area contributed by atoms with Gasteiger partial charge >= 0.3 is 25.7 Å². The fraction of sp³-hybridized carbons (Fsp3) is 0.674. The zero-order valence-corrected chi connectivity index (χ0v) is 36.9. The zero-order valence-electron chi connectivity index (χ0n) is 36.0. The Balaban J connectivity index is 4.47. The number of rotatable bonds is 41. The SMILES string of the molecule is CCCCC/C=C\C/C=C\CCCCCCCCCC(=O)O[C@H](COC(=O)CCC/C=C\C/C=C\C/C=C\C/C=C\CCCCCO)COP(=O)(O)OC[C@H](N)C(=O)O. The number of aliphatic carboxylic acids is 1. The number of phosphoric ester groups is 1. The van der Waals surface area contributed by atoms with Gasteiger partial charge < -0.3 is 30.3 Å². The molecule has 0 aromatic carbocycles. The third kappa shape index (κ3) is 41.4.